The number of anilines is 1. The number of nitrogens with zero attached hydrogens (tertiary/aromatic N) is 2. The van der Waals surface area contributed by atoms with Crippen LogP contribution in [0.25, 0.3) is 16.5 Å². The first-order valence-corrected chi connectivity index (χ1v) is 11.1. The number of carbonyl (C=O) groups excluding carboxylic acids is 1. The molecule has 1 N–H and O–H groups in total. The van der Waals surface area contributed by atoms with Gasteiger partial charge in [0, 0.05) is 11.1 Å². The number of benzene rings is 3. The number of aromatic nitrogens is 2. The molecule has 0 spiro atoms. The number of hydrogen-bond donors (Lipinski definition) is 1. The first-order chi connectivity index (χ1) is 14.4. The standard InChI is InChI=1S/C22H16FN3O3S/c23-15-8-10-16(11-9-15)26-21(19-12-30(28,29)13-20(19)25-26)24-22(27)18-7-3-5-14-4-1-2-6-17(14)18/h1-11H,12-13H2,(H,24,27). The Balaban J connectivity index is 1.61. The zero-order valence-corrected chi connectivity index (χ0v) is 16.5. The quantitative estimate of drug-likeness (QED) is 0.545. The lowest BCUT2D eigenvalue weighted by Crippen LogP contribution is -2.17. The molecule has 3 aromatic carbocycles. The van der Waals surface area contributed by atoms with Gasteiger partial charge in [-0.3, -0.25) is 4.79 Å². The van der Waals surface area contributed by atoms with Crippen LogP contribution in [-0.2, 0) is 21.3 Å². The van der Waals surface area contributed by atoms with Crippen molar-refractivity contribution in [1.82, 2.24) is 9.78 Å². The van der Waals surface area contributed by atoms with Crippen molar-refractivity contribution in [2.45, 2.75) is 11.5 Å². The summed E-state index contributed by atoms with van der Waals surface area (Å²) in [5.41, 5.74) is 1.85. The van der Waals surface area contributed by atoms with Gasteiger partial charge >= 0.3 is 0 Å². The Morgan fingerprint density at radius 1 is 0.967 bits per heavy atom. The highest BCUT2D eigenvalue weighted by molar-refractivity contribution is 7.90. The van der Waals surface area contributed by atoms with Crippen molar-refractivity contribution < 1.29 is 17.6 Å². The maximum atomic E-state index is 13.4. The molecule has 0 fully saturated rings. The second-order valence-electron chi connectivity index (χ2n) is 7.18. The average molecular weight is 421 g/mol. The third-order valence-corrected chi connectivity index (χ3v) is 6.57. The Bertz CT molecular complexity index is 1400. The van der Waals surface area contributed by atoms with Gasteiger partial charge in [-0.2, -0.15) is 5.10 Å². The smallest absolute Gasteiger partial charge is 0.257 e. The van der Waals surface area contributed by atoms with Crippen molar-refractivity contribution in [1.29, 1.82) is 0 Å². The molecule has 2 heterocycles. The van der Waals surface area contributed by atoms with Crippen LogP contribution in [0.4, 0.5) is 10.2 Å². The molecular formula is C22H16FN3O3S. The highest BCUT2D eigenvalue weighted by atomic mass is 32.2. The molecule has 1 amide bonds. The third-order valence-electron chi connectivity index (χ3n) is 5.12. The molecule has 6 nitrogen and oxygen atoms in total. The van der Waals surface area contributed by atoms with Crippen LogP contribution in [0.15, 0.2) is 66.7 Å². The van der Waals surface area contributed by atoms with Gasteiger partial charge in [-0.05, 0) is 41.1 Å². The number of nitrogens with one attached hydrogen (secondary N) is 1. The average Bonchev–Trinajstić information content (AvgIpc) is 3.20. The van der Waals surface area contributed by atoms with Crippen molar-refractivity contribution in [2.24, 2.45) is 0 Å². The Hall–Kier alpha value is -3.52. The molecule has 1 aliphatic heterocycles. The first-order valence-electron chi connectivity index (χ1n) is 9.27. The van der Waals surface area contributed by atoms with E-state index in [1.807, 2.05) is 30.3 Å². The van der Waals surface area contributed by atoms with Crippen LogP contribution in [-0.4, -0.2) is 24.1 Å². The second kappa shape index (κ2) is 6.77. The number of sulfone groups is 1. The maximum Gasteiger partial charge on any atom is 0.257 e. The lowest BCUT2D eigenvalue weighted by Gasteiger charge is -2.12. The van der Waals surface area contributed by atoms with E-state index in [0.717, 1.165) is 10.8 Å². The summed E-state index contributed by atoms with van der Waals surface area (Å²) in [6.45, 7) is 0. The highest BCUT2D eigenvalue weighted by Crippen LogP contribution is 2.33. The Morgan fingerprint density at radius 3 is 2.50 bits per heavy atom. The van der Waals surface area contributed by atoms with Crippen LogP contribution >= 0.6 is 0 Å². The fourth-order valence-corrected chi connectivity index (χ4v) is 5.23. The van der Waals surface area contributed by atoms with E-state index in [1.54, 1.807) is 12.1 Å². The van der Waals surface area contributed by atoms with Gasteiger partial charge in [0.25, 0.3) is 5.91 Å². The van der Waals surface area contributed by atoms with Gasteiger partial charge < -0.3 is 5.32 Å². The number of hydrogen-bond acceptors (Lipinski definition) is 4. The zero-order chi connectivity index (χ0) is 20.9. The fourth-order valence-electron chi connectivity index (χ4n) is 3.74. The monoisotopic (exact) mass is 421 g/mol. The van der Waals surface area contributed by atoms with Crippen molar-refractivity contribution in [3.63, 3.8) is 0 Å². The molecule has 0 atom stereocenters. The summed E-state index contributed by atoms with van der Waals surface area (Å²) in [5.74, 6) is -0.873. The predicted molar refractivity (Wildman–Crippen MR) is 112 cm³/mol. The molecule has 150 valence electrons. The molecule has 8 heteroatoms. The fraction of sp³-hybridized carbons (Fsp3) is 0.0909. The van der Waals surface area contributed by atoms with Crippen LogP contribution < -0.4 is 5.32 Å². The number of halogens is 1. The minimum atomic E-state index is -3.31. The molecular weight excluding hydrogens is 405 g/mol. The van der Waals surface area contributed by atoms with Crippen LogP contribution in [0.2, 0.25) is 0 Å². The molecule has 1 aromatic heterocycles. The lowest BCUT2D eigenvalue weighted by molar-refractivity contribution is 0.102. The van der Waals surface area contributed by atoms with Gasteiger partial charge in [-0.25, -0.2) is 17.5 Å². The predicted octanol–water partition coefficient (Wildman–Crippen LogP) is 3.85. The highest BCUT2D eigenvalue weighted by Gasteiger charge is 2.33. The van der Waals surface area contributed by atoms with Crippen LogP contribution in [0, 0.1) is 5.82 Å². The number of rotatable bonds is 3. The Kier molecular flexibility index (Phi) is 4.18. The van der Waals surface area contributed by atoms with E-state index in [-0.39, 0.29) is 23.2 Å². The van der Waals surface area contributed by atoms with Crippen molar-refractivity contribution in [3.8, 4) is 5.69 Å². The van der Waals surface area contributed by atoms with Crippen LogP contribution in [0.1, 0.15) is 21.6 Å². The van der Waals surface area contributed by atoms with Crippen LogP contribution in [0.3, 0.4) is 0 Å². The third kappa shape index (κ3) is 3.15. The minimum absolute atomic E-state index is 0.187. The van der Waals surface area contributed by atoms with E-state index < -0.39 is 15.7 Å². The summed E-state index contributed by atoms with van der Waals surface area (Å²) in [5, 5.41) is 8.96. The maximum absolute atomic E-state index is 13.4. The van der Waals surface area contributed by atoms with Crippen molar-refractivity contribution in [2.75, 3.05) is 5.32 Å². The molecule has 30 heavy (non-hydrogen) atoms. The van der Waals surface area contributed by atoms with Crippen molar-refractivity contribution in [3.05, 3.63) is 89.4 Å². The van der Waals surface area contributed by atoms with Crippen molar-refractivity contribution >= 4 is 32.3 Å². The number of amides is 1. The van der Waals surface area contributed by atoms with Gasteiger partial charge in [-0.1, -0.05) is 36.4 Å². The number of carbonyl (C=O) groups is 1. The molecule has 0 aliphatic carbocycles. The van der Waals surface area contributed by atoms with E-state index in [4.69, 9.17) is 0 Å². The van der Waals surface area contributed by atoms with E-state index >= 15 is 0 Å². The molecule has 0 saturated heterocycles. The number of fused-ring (bicyclic) bond motifs is 2. The summed E-state index contributed by atoms with van der Waals surface area (Å²) in [6.07, 6.45) is 0. The van der Waals surface area contributed by atoms with Gasteiger partial charge in [0.2, 0.25) is 0 Å². The topological polar surface area (TPSA) is 81.1 Å². The molecule has 0 unspecified atom stereocenters. The van der Waals surface area contributed by atoms with E-state index in [9.17, 15) is 17.6 Å². The SMILES string of the molecule is O=C(Nc1c2c(nn1-c1ccc(F)cc1)CS(=O)(=O)C2)c1cccc2ccccc12. The minimum Gasteiger partial charge on any atom is -0.306 e. The lowest BCUT2D eigenvalue weighted by atomic mass is 10.0. The summed E-state index contributed by atoms with van der Waals surface area (Å²) < 4.78 is 39.1. The van der Waals surface area contributed by atoms with Crippen LogP contribution in [0.5, 0.6) is 0 Å². The van der Waals surface area contributed by atoms with Gasteiger partial charge in [0.05, 0.1) is 22.9 Å². The molecule has 0 radical (unpaired) electrons. The summed E-state index contributed by atoms with van der Waals surface area (Å²) >= 11 is 0. The summed E-state index contributed by atoms with van der Waals surface area (Å²) in [6, 6.07) is 18.6. The molecule has 1 aliphatic rings. The molecule has 4 aromatic rings. The first kappa shape index (κ1) is 18.5. The molecule has 0 saturated carbocycles. The van der Waals surface area contributed by atoms with E-state index in [2.05, 4.69) is 10.4 Å². The van der Waals surface area contributed by atoms with Gasteiger partial charge in [0.15, 0.2) is 9.84 Å². The zero-order valence-electron chi connectivity index (χ0n) is 15.7. The Morgan fingerprint density at radius 2 is 1.70 bits per heavy atom. The second-order valence-corrected chi connectivity index (χ2v) is 9.24. The largest absolute Gasteiger partial charge is 0.306 e. The Labute approximate surface area is 171 Å². The molecule has 0 bridgehead atoms. The summed E-state index contributed by atoms with van der Waals surface area (Å²) in [4.78, 5) is 13.2. The summed E-state index contributed by atoms with van der Waals surface area (Å²) in [7, 11) is -3.31. The van der Waals surface area contributed by atoms with Gasteiger partial charge in [0.1, 0.15) is 11.6 Å². The van der Waals surface area contributed by atoms with Gasteiger partial charge in [-0.15, -0.1) is 0 Å². The molecule has 5 rings (SSSR count). The van der Waals surface area contributed by atoms with E-state index in [1.165, 1.54) is 28.9 Å². The van der Waals surface area contributed by atoms with E-state index in [0.29, 0.717) is 22.5 Å². The normalized spacial score (nSPS) is 14.6.